The zero-order valence-corrected chi connectivity index (χ0v) is 15.4. The number of fused-ring (bicyclic) bond motifs is 1. The van der Waals surface area contributed by atoms with E-state index in [0.717, 1.165) is 50.6 Å². The van der Waals surface area contributed by atoms with Crippen LogP contribution < -0.4 is 10.6 Å². The first-order chi connectivity index (χ1) is 12.2. The molecule has 0 atom stereocenters. The van der Waals surface area contributed by atoms with E-state index >= 15 is 0 Å². The van der Waals surface area contributed by atoms with Crippen LogP contribution in [0.25, 0.3) is 10.1 Å². The number of rotatable bonds is 4. The van der Waals surface area contributed by atoms with Crippen LogP contribution in [0.2, 0.25) is 0 Å². The Kier molecular flexibility index (Phi) is 4.59. The molecule has 1 aliphatic heterocycles. The maximum Gasteiger partial charge on any atom is 0.150 e. The molecular weight excluding hydrogens is 328 g/mol. The fourth-order valence-electron chi connectivity index (χ4n) is 3.52. The maximum absolute atomic E-state index is 6.20. The van der Waals surface area contributed by atoms with Crippen LogP contribution in [0.5, 0.6) is 0 Å². The highest BCUT2D eigenvalue weighted by atomic mass is 32.1. The number of piperazine rings is 1. The Bertz CT molecular complexity index is 865. The quantitative estimate of drug-likeness (QED) is 0.730. The number of aryl methyl sites for hydroxylation is 1. The number of nitrogens with zero attached hydrogens (tertiary/aromatic N) is 3. The third kappa shape index (κ3) is 3.34. The van der Waals surface area contributed by atoms with Crippen molar-refractivity contribution in [2.45, 2.75) is 13.3 Å². The Morgan fingerprint density at radius 3 is 2.68 bits per heavy atom. The normalized spacial score (nSPS) is 15.8. The van der Waals surface area contributed by atoms with Crippen LogP contribution >= 0.6 is 11.5 Å². The molecule has 1 aliphatic rings. The van der Waals surface area contributed by atoms with E-state index in [2.05, 4.69) is 59.2 Å². The minimum absolute atomic E-state index is 0.954. The van der Waals surface area contributed by atoms with Gasteiger partial charge in [-0.2, -0.15) is 4.37 Å². The van der Waals surface area contributed by atoms with Crippen molar-refractivity contribution >= 4 is 33.1 Å². The van der Waals surface area contributed by atoms with Crippen molar-refractivity contribution < 1.29 is 0 Å². The van der Waals surface area contributed by atoms with Gasteiger partial charge in [0.15, 0.2) is 0 Å². The lowest BCUT2D eigenvalue weighted by Gasteiger charge is -2.35. The third-order valence-corrected chi connectivity index (χ3v) is 5.96. The average Bonchev–Trinajstić information content (AvgIpc) is 3.07. The van der Waals surface area contributed by atoms with E-state index in [0.29, 0.717) is 0 Å². The fourth-order valence-corrected chi connectivity index (χ4v) is 4.32. The van der Waals surface area contributed by atoms with Crippen molar-refractivity contribution in [3.63, 3.8) is 0 Å². The summed E-state index contributed by atoms with van der Waals surface area (Å²) in [7, 11) is 0. The third-order valence-electron chi connectivity index (χ3n) is 5.14. The second-order valence-corrected chi connectivity index (χ2v) is 7.53. The van der Waals surface area contributed by atoms with Gasteiger partial charge in [-0.3, -0.25) is 4.90 Å². The maximum atomic E-state index is 6.20. The van der Waals surface area contributed by atoms with Crippen LogP contribution in [0.4, 0.5) is 11.5 Å². The second-order valence-electron chi connectivity index (χ2n) is 6.73. The molecule has 5 heteroatoms. The summed E-state index contributed by atoms with van der Waals surface area (Å²) in [5.74, 6) is 1.16. The van der Waals surface area contributed by atoms with Gasteiger partial charge in [-0.1, -0.05) is 30.3 Å². The van der Waals surface area contributed by atoms with E-state index in [9.17, 15) is 0 Å². The molecule has 4 rings (SSSR count). The summed E-state index contributed by atoms with van der Waals surface area (Å²) < 4.78 is 5.96. The van der Waals surface area contributed by atoms with Crippen molar-refractivity contribution in [3.05, 3.63) is 53.6 Å². The molecule has 0 saturated carbocycles. The van der Waals surface area contributed by atoms with Gasteiger partial charge in [0, 0.05) is 43.8 Å². The molecular formula is C20H24N4S. The van der Waals surface area contributed by atoms with Gasteiger partial charge in [0.05, 0.1) is 4.70 Å². The van der Waals surface area contributed by atoms with Gasteiger partial charge in [-0.25, -0.2) is 0 Å². The molecule has 0 radical (unpaired) electrons. The molecule has 0 spiro atoms. The largest absolute Gasteiger partial charge is 0.398 e. The van der Waals surface area contributed by atoms with Gasteiger partial charge in [0.2, 0.25) is 0 Å². The molecule has 25 heavy (non-hydrogen) atoms. The molecule has 0 amide bonds. The summed E-state index contributed by atoms with van der Waals surface area (Å²) in [6.07, 6.45) is 1.02. The van der Waals surface area contributed by atoms with Crippen LogP contribution in [0.3, 0.4) is 0 Å². The molecule has 130 valence electrons. The number of hydrogen-bond acceptors (Lipinski definition) is 5. The number of anilines is 2. The number of hydrogen-bond donors (Lipinski definition) is 1. The number of aromatic nitrogens is 1. The molecule has 1 fully saturated rings. The van der Waals surface area contributed by atoms with Crippen molar-refractivity contribution in [2.75, 3.05) is 43.4 Å². The standard InChI is InChI=1S/C20H24N4S/c1-15-5-4-6-16(19(15)21)9-10-23-11-13-24(14-12-23)20-17-7-2-3-8-18(17)25-22-20/h2-8H,9-14,21H2,1H3. The van der Waals surface area contributed by atoms with Crippen LogP contribution in [0.15, 0.2) is 42.5 Å². The van der Waals surface area contributed by atoms with Crippen molar-refractivity contribution in [3.8, 4) is 0 Å². The van der Waals surface area contributed by atoms with Gasteiger partial charge in [-0.05, 0) is 48.1 Å². The summed E-state index contributed by atoms with van der Waals surface area (Å²) in [6, 6.07) is 14.9. The molecule has 2 aromatic carbocycles. The number of nitrogen functional groups attached to an aromatic ring is 1. The zero-order chi connectivity index (χ0) is 17.2. The van der Waals surface area contributed by atoms with Gasteiger partial charge >= 0.3 is 0 Å². The van der Waals surface area contributed by atoms with E-state index < -0.39 is 0 Å². The Balaban J connectivity index is 1.36. The molecule has 0 aliphatic carbocycles. The summed E-state index contributed by atoms with van der Waals surface area (Å²) in [6.45, 7) is 7.39. The zero-order valence-electron chi connectivity index (χ0n) is 14.6. The van der Waals surface area contributed by atoms with Gasteiger partial charge in [0.25, 0.3) is 0 Å². The molecule has 1 aromatic heterocycles. The van der Waals surface area contributed by atoms with E-state index in [1.165, 1.54) is 21.2 Å². The first-order valence-corrected chi connectivity index (χ1v) is 9.65. The predicted molar refractivity (Wildman–Crippen MR) is 108 cm³/mol. The molecule has 1 saturated heterocycles. The van der Waals surface area contributed by atoms with Crippen LogP contribution in [0, 0.1) is 6.92 Å². The highest BCUT2D eigenvalue weighted by Gasteiger charge is 2.20. The van der Waals surface area contributed by atoms with Crippen LogP contribution in [0.1, 0.15) is 11.1 Å². The first-order valence-electron chi connectivity index (χ1n) is 8.88. The molecule has 2 heterocycles. The summed E-state index contributed by atoms with van der Waals surface area (Å²) in [5, 5.41) is 1.29. The highest BCUT2D eigenvalue weighted by Crippen LogP contribution is 2.29. The molecule has 4 nitrogen and oxygen atoms in total. The van der Waals surface area contributed by atoms with E-state index in [4.69, 9.17) is 10.1 Å². The molecule has 2 N–H and O–H groups in total. The molecule has 0 unspecified atom stereocenters. The summed E-state index contributed by atoms with van der Waals surface area (Å²) >= 11 is 1.60. The molecule has 3 aromatic rings. The summed E-state index contributed by atoms with van der Waals surface area (Å²) in [5.41, 5.74) is 9.61. The topological polar surface area (TPSA) is 45.4 Å². The smallest absolute Gasteiger partial charge is 0.150 e. The van der Waals surface area contributed by atoms with Crippen molar-refractivity contribution in [2.24, 2.45) is 0 Å². The first kappa shape index (κ1) is 16.4. The molecule has 0 bridgehead atoms. The average molecular weight is 353 g/mol. The Hall–Kier alpha value is -2.11. The Labute approximate surface area is 153 Å². The van der Waals surface area contributed by atoms with Crippen LogP contribution in [-0.4, -0.2) is 42.0 Å². The van der Waals surface area contributed by atoms with Crippen LogP contribution in [-0.2, 0) is 6.42 Å². The monoisotopic (exact) mass is 352 g/mol. The number of nitrogens with two attached hydrogens (primary N) is 1. The van der Waals surface area contributed by atoms with E-state index in [1.807, 2.05) is 0 Å². The number of benzene rings is 2. The van der Waals surface area contributed by atoms with Crippen molar-refractivity contribution in [1.29, 1.82) is 0 Å². The fraction of sp³-hybridized carbons (Fsp3) is 0.350. The van der Waals surface area contributed by atoms with E-state index in [-0.39, 0.29) is 0 Å². The summed E-state index contributed by atoms with van der Waals surface area (Å²) in [4.78, 5) is 4.96. The lowest BCUT2D eigenvalue weighted by molar-refractivity contribution is 0.261. The Morgan fingerprint density at radius 2 is 1.84 bits per heavy atom. The van der Waals surface area contributed by atoms with E-state index in [1.54, 1.807) is 11.5 Å². The van der Waals surface area contributed by atoms with Crippen molar-refractivity contribution in [1.82, 2.24) is 9.27 Å². The lowest BCUT2D eigenvalue weighted by atomic mass is 10.1. The number of para-hydroxylation sites is 1. The second kappa shape index (κ2) is 7.02. The highest BCUT2D eigenvalue weighted by molar-refractivity contribution is 7.13. The Morgan fingerprint density at radius 1 is 1.04 bits per heavy atom. The predicted octanol–water partition coefficient (Wildman–Crippen LogP) is 3.55. The van der Waals surface area contributed by atoms with Gasteiger partial charge in [0.1, 0.15) is 5.82 Å². The lowest BCUT2D eigenvalue weighted by Crippen LogP contribution is -2.47. The minimum Gasteiger partial charge on any atom is -0.398 e. The minimum atomic E-state index is 0.954. The SMILES string of the molecule is Cc1cccc(CCN2CCN(c3nsc4ccccc34)CC2)c1N. The van der Waals surface area contributed by atoms with Gasteiger partial charge in [-0.15, -0.1) is 0 Å². The van der Waals surface area contributed by atoms with Gasteiger partial charge < -0.3 is 10.6 Å².